The molecule has 1 saturated carbocycles. The molecule has 2 fully saturated rings. The fraction of sp³-hybridized carbons (Fsp3) is 0.348. The van der Waals surface area contributed by atoms with Gasteiger partial charge in [0.2, 0.25) is 11.8 Å². The standard InChI is InChI=1S/C23H24ClN3O3/c1-15-6-3-4-7-18(15)23(30)26(17-10-11-17)13-21(28)25-12-22(29)27(14-25)20-9-5-8-19(24)16(20)2/h3-9,17H,10-14H2,1-2H3. The van der Waals surface area contributed by atoms with Crippen LogP contribution in [0.1, 0.15) is 34.3 Å². The average molecular weight is 426 g/mol. The highest BCUT2D eigenvalue weighted by molar-refractivity contribution is 6.31. The molecule has 0 N–H and O–H groups in total. The van der Waals surface area contributed by atoms with Gasteiger partial charge in [-0.05, 0) is 56.0 Å². The summed E-state index contributed by atoms with van der Waals surface area (Å²) in [5, 5.41) is 0.578. The molecule has 0 spiro atoms. The van der Waals surface area contributed by atoms with Gasteiger partial charge in [-0.15, -0.1) is 0 Å². The largest absolute Gasteiger partial charge is 0.326 e. The molecular weight excluding hydrogens is 402 g/mol. The number of rotatable bonds is 5. The van der Waals surface area contributed by atoms with E-state index in [4.69, 9.17) is 11.6 Å². The van der Waals surface area contributed by atoms with Crippen molar-refractivity contribution in [1.29, 1.82) is 0 Å². The third-order valence-corrected chi connectivity index (χ3v) is 6.16. The molecule has 6 nitrogen and oxygen atoms in total. The molecule has 30 heavy (non-hydrogen) atoms. The smallest absolute Gasteiger partial charge is 0.254 e. The van der Waals surface area contributed by atoms with Crippen molar-refractivity contribution in [3.8, 4) is 0 Å². The first-order chi connectivity index (χ1) is 14.4. The Bertz CT molecular complexity index is 1020. The van der Waals surface area contributed by atoms with Crippen molar-refractivity contribution < 1.29 is 14.4 Å². The fourth-order valence-corrected chi connectivity index (χ4v) is 3.95. The number of amides is 3. The molecule has 1 aliphatic heterocycles. The van der Waals surface area contributed by atoms with E-state index in [-0.39, 0.29) is 43.5 Å². The lowest BCUT2D eigenvalue weighted by Gasteiger charge is -2.26. The Morgan fingerprint density at radius 1 is 1.10 bits per heavy atom. The lowest BCUT2D eigenvalue weighted by Crippen LogP contribution is -2.44. The summed E-state index contributed by atoms with van der Waals surface area (Å²) in [7, 11) is 0. The minimum Gasteiger partial charge on any atom is -0.326 e. The Kier molecular flexibility index (Phi) is 5.52. The van der Waals surface area contributed by atoms with Crippen LogP contribution in [0.15, 0.2) is 42.5 Å². The van der Waals surface area contributed by atoms with Crippen LogP contribution >= 0.6 is 11.6 Å². The van der Waals surface area contributed by atoms with Gasteiger partial charge in [0.15, 0.2) is 0 Å². The molecule has 0 bridgehead atoms. The van der Waals surface area contributed by atoms with E-state index in [0.29, 0.717) is 16.3 Å². The summed E-state index contributed by atoms with van der Waals surface area (Å²) in [6.07, 6.45) is 1.80. The van der Waals surface area contributed by atoms with Gasteiger partial charge >= 0.3 is 0 Å². The number of benzene rings is 2. The molecule has 0 unspecified atom stereocenters. The van der Waals surface area contributed by atoms with E-state index in [1.165, 1.54) is 4.90 Å². The Hall–Kier alpha value is -2.86. The molecule has 2 aliphatic rings. The summed E-state index contributed by atoms with van der Waals surface area (Å²) < 4.78 is 0. The molecular formula is C23H24ClN3O3. The summed E-state index contributed by atoms with van der Waals surface area (Å²) in [6, 6.07) is 12.9. The zero-order valence-corrected chi connectivity index (χ0v) is 17.9. The van der Waals surface area contributed by atoms with Crippen molar-refractivity contribution in [2.75, 3.05) is 24.7 Å². The normalized spacial score (nSPS) is 16.2. The van der Waals surface area contributed by atoms with E-state index < -0.39 is 0 Å². The van der Waals surface area contributed by atoms with Crippen LogP contribution in [0.25, 0.3) is 0 Å². The number of carbonyl (C=O) groups is 3. The highest BCUT2D eigenvalue weighted by atomic mass is 35.5. The quantitative estimate of drug-likeness (QED) is 0.737. The van der Waals surface area contributed by atoms with E-state index in [1.807, 2.05) is 38.1 Å². The van der Waals surface area contributed by atoms with Gasteiger partial charge in [0, 0.05) is 22.3 Å². The molecule has 0 aromatic heterocycles. The minimum atomic E-state index is -0.223. The van der Waals surface area contributed by atoms with Crippen LogP contribution in [0.4, 0.5) is 5.69 Å². The SMILES string of the molecule is Cc1ccccc1C(=O)N(CC(=O)N1CC(=O)N(c2cccc(Cl)c2C)C1)C1CC1. The monoisotopic (exact) mass is 425 g/mol. The van der Waals surface area contributed by atoms with Crippen molar-refractivity contribution >= 4 is 35.0 Å². The van der Waals surface area contributed by atoms with Gasteiger partial charge in [-0.25, -0.2) is 0 Å². The van der Waals surface area contributed by atoms with Gasteiger partial charge in [0.1, 0.15) is 19.8 Å². The number of anilines is 1. The van der Waals surface area contributed by atoms with Gasteiger partial charge in [0.05, 0.1) is 0 Å². The summed E-state index contributed by atoms with van der Waals surface area (Å²) in [6.45, 7) is 3.89. The molecule has 7 heteroatoms. The van der Waals surface area contributed by atoms with E-state index in [9.17, 15) is 14.4 Å². The summed E-state index contributed by atoms with van der Waals surface area (Å²) >= 11 is 6.19. The van der Waals surface area contributed by atoms with Crippen molar-refractivity contribution in [3.05, 3.63) is 64.2 Å². The number of hydrogen-bond donors (Lipinski definition) is 0. The lowest BCUT2D eigenvalue weighted by molar-refractivity contribution is -0.132. The van der Waals surface area contributed by atoms with E-state index in [1.54, 1.807) is 28.0 Å². The summed E-state index contributed by atoms with van der Waals surface area (Å²) in [5.74, 6) is -0.506. The van der Waals surface area contributed by atoms with E-state index in [0.717, 1.165) is 24.0 Å². The van der Waals surface area contributed by atoms with Crippen LogP contribution in [-0.4, -0.2) is 53.3 Å². The first-order valence-corrected chi connectivity index (χ1v) is 10.4. The van der Waals surface area contributed by atoms with Gasteiger partial charge in [0.25, 0.3) is 5.91 Å². The molecule has 1 heterocycles. The summed E-state index contributed by atoms with van der Waals surface area (Å²) in [5.41, 5.74) is 3.01. The van der Waals surface area contributed by atoms with Gasteiger partial charge in [-0.1, -0.05) is 35.9 Å². The molecule has 156 valence electrons. The topological polar surface area (TPSA) is 60.9 Å². The molecule has 3 amide bonds. The molecule has 4 rings (SSSR count). The maximum atomic E-state index is 13.1. The maximum Gasteiger partial charge on any atom is 0.254 e. The zero-order valence-electron chi connectivity index (χ0n) is 17.1. The Labute approximate surface area is 181 Å². The second kappa shape index (κ2) is 8.11. The Balaban J connectivity index is 1.49. The van der Waals surface area contributed by atoms with E-state index >= 15 is 0 Å². The van der Waals surface area contributed by atoms with Gasteiger partial charge in [-0.2, -0.15) is 0 Å². The van der Waals surface area contributed by atoms with Crippen molar-refractivity contribution in [1.82, 2.24) is 9.80 Å². The second-order valence-electron chi connectivity index (χ2n) is 7.92. The molecule has 0 atom stereocenters. The number of hydrogen-bond acceptors (Lipinski definition) is 3. The average Bonchev–Trinajstić information content (AvgIpc) is 3.49. The highest BCUT2D eigenvalue weighted by Gasteiger charge is 2.38. The van der Waals surface area contributed by atoms with Crippen LogP contribution in [-0.2, 0) is 9.59 Å². The number of halogens is 1. The van der Waals surface area contributed by atoms with Crippen molar-refractivity contribution in [3.63, 3.8) is 0 Å². The van der Waals surface area contributed by atoms with Crippen molar-refractivity contribution in [2.24, 2.45) is 0 Å². The van der Waals surface area contributed by atoms with Crippen LogP contribution in [0.2, 0.25) is 5.02 Å². The van der Waals surface area contributed by atoms with E-state index in [2.05, 4.69) is 0 Å². The number of aryl methyl sites for hydroxylation is 1. The van der Waals surface area contributed by atoms with Crippen LogP contribution in [0.5, 0.6) is 0 Å². The van der Waals surface area contributed by atoms with Crippen LogP contribution < -0.4 is 4.90 Å². The first-order valence-electron chi connectivity index (χ1n) is 10.1. The molecule has 2 aromatic rings. The fourth-order valence-electron chi connectivity index (χ4n) is 3.78. The lowest BCUT2D eigenvalue weighted by atomic mass is 10.1. The maximum absolute atomic E-state index is 13.1. The first kappa shape index (κ1) is 20.4. The third-order valence-electron chi connectivity index (χ3n) is 5.75. The molecule has 2 aromatic carbocycles. The van der Waals surface area contributed by atoms with Crippen molar-refractivity contribution in [2.45, 2.75) is 32.7 Å². The third kappa shape index (κ3) is 3.92. The molecule has 0 radical (unpaired) electrons. The number of nitrogens with zero attached hydrogens (tertiary/aromatic N) is 3. The van der Waals surface area contributed by atoms with Crippen LogP contribution in [0, 0.1) is 13.8 Å². The second-order valence-corrected chi connectivity index (χ2v) is 8.33. The Morgan fingerprint density at radius 2 is 1.83 bits per heavy atom. The summed E-state index contributed by atoms with van der Waals surface area (Å²) in [4.78, 5) is 43.4. The minimum absolute atomic E-state index is 0.00183. The predicted molar refractivity (Wildman–Crippen MR) is 115 cm³/mol. The zero-order chi connectivity index (χ0) is 21.4. The number of carbonyl (C=O) groups excluding carboxylic acids is 3. The Morgan fingerprint density at radius 3 is 2.53 bits per heavy atom. The molecule has 1 aliphatic carbocycles. The molecule has 1 saturated heterocycles. The van der Waals surface area contributed by atoms with Gasteiger partial charge < -0.3 is 9.80 Å². The predicted octanol–water partition coefficient (Wildman–Crippen LogP) is 3.39. The van der Waals surface area contributed by atoms with Crippen LogP contribution in [0.3, 0.4) is 0 Å². The van der Waals surface area contributed by atoms with Gasteiger partial charge in [-0.3, -0.25) is 19.3 Å². The highest BCUT2D eigenvalue weighted by Crippen LogP contribution is 2.31.